The Labute approximate surface area is 354 Å². The van der Waals surface area contributed by atoms with Gasteiger partial charge in [-0.2, -0.15) is 0 Å². The lowest BCUT2D eigenvalue weighted by molar-refractivity contribution is 0.473. The summed E-state index contributed by atoms with van der Waals surface area (Å²) in [6.45, 7) is 6.47. The first kappa shape index (κ1) is 35.0. The van der Waals surface area contributed by atoms with E-state index in [0.717, 1.165) is 84.5 Å². The smallest absolute Gasteiger partial charge is 0.256 e. The SMILES string of the molecule is C=C(/C=C\c1c(C)oc2c3c(ccc12)B1c2ccc(-n4c5ccccc5c5ccccc54)cc2N(c2ccccc2)c2cccc(c21)O3)N(c1ccccc1)c1ccccc1. The van der Waals surface area contributed by atoms with Crippen LogP contribution in [-0.4, -0.2) is 11.3 Å². The van der Waals surface area contributed by atoms with Crippen molar-refractivity contribution in [1.29, 1.82) is 0 Å². The van der Waals surface area contributed by atoms with Crippen molar-refractivity contribution in [2.45, 2.75) is 6.92 Å². The van der Waals surface area contributed by atoms with E-state index in [2.05, 4.69) is 209 Å². The van der Waals surface area contributed by atoms with Crippen LogP contribution in [-0.2, 0) is 0 Å². The molecule has 5 nitrogen and oxygen atoms in total. The van der Waals surface area contributed by atoms with Crippen molar-refractivity contribution in [3.63, 3.8) is 0 Å². The van der Waals surface area contributed by atoms with E-state index in [-0.39, 0.29) is 6.71 Å². The zero-order valence-corrected chi connectivity index (χ0v) is 33.5. The van der Waals surface area contributed by atoms with Crippen LogP contribution in [0.2, 0.25) is 0 Å². The number of rotatable bonds is 7. The fourth-order valence-electron chi connectivity index (χ4n) is 9.71. The van der Waals surface area contributed by atoms with E-state index in [0.29, 0.717) is 0 Å². The average molecular weight is 784 g/mol. The highest BCUT2D eigenvalue weighted by molar-refractivity contribution is 6.99. The molecule has 0 fully saturated rings. The second-order valence-corrected chi connectivity index (χ2v) is 15.8. The Balaban J connectivity index is 1.01. The van der Waals surface area contributed by atoms with Crippen molar-refractivity contribution < 1.29 is 9.15 Å². The molecule has 0 radical (unpaired) electrons. The van der Waals surface area contributed by atoms with Gasteiger partial charge in [0.15, 0.2) is 11.3 Å². The summed E-state index contributed by atoms with van der Waals surface area (Å²) >= 11 is 0. The normalized spacial score (nSPS) is 12.7. The van der Waals surface area contributed by atoms with Crippen LogP contribution in [0.3, 0.4) is 0 Å². The summed E-state index contributed by atoms with van der Waals surface area (Å²) in [6.07, 6.45) is 4.19. The van der Waals surface area contributed by atoms with E-state index >= 15 is 0 Å². The van der Waals surface area contributed by atoms with E-state index in [1.807, 2.05) is 19.1 Å². The monoisotopic (exact) mass is 783 g/mol. The van der Waals surface area contributed by atoms with E-state index in [9.17, 15) is 0 Å². The Morgan fingerprint density at radius 3 is 1.90 bits per heavy atom. The first-order chi connectivity index (χ1) is 30.1. The number of para-hydroxylation sites is 5. The fraction of sp³-hybridized carbons (Fsp3) is 0.0182. The number of nitrogens with zero attached hydrogens (tertiary/aromatic N) is 3. The molecule has 10 aromatic rings. The number of aromatic nitrogens is 1. The van der Waals surface area contributed by atoms with Crippen molar-refractivity contribution in [2.24, 2.45) is 0 Å². The Bertz CT molecular complexity index is 3290. The van der Waals surface area contributed by atoms with Gasteiger partial charge in [-0.3, -0.25) is 0 Å². The minimum Gasteiger partial charge on any atom is -0.457 e. The maximum absolute atomic E-state index is 6.99. The number of hydrogen-bond donors (Lipinski definition) is 0. The number of anilines is 5. The predicted molar refractivity (Wildman–Crippen MR) is 254 cm³/mol. The molecule has 2 aliphatic heterocycles. The summed E-state index contributed by atoms with van der Waals surface area (Å²) in [7, 11) is 0. The standard InChI is InChI=1S/C55H38BN3O2/c1-36(57(38-17-6-3-7-18-38)39-19-8-4-9-20-39)29-31-42-37(2)60-54-45(42)32-34-47-55(54)61-52-28-16-27-50-53(52)56(47)46-33-30-41(35-51(46)58(50)40-21-10-5-11-22-40)59-48-25-14-12-23-43(48)44-24-13-15-26-49(44)59/h3-35H,1H2,2H3/b31-29-. The molecule has 8 aromatic carbocycles. The molecule has 2 aromatic heterocycles. The van der Waals surface area contributed by atoms with E-state index in [1.165, 1.54) is 27.3 Å². The third-order valence-electron chi connectivity index (χ3n) is 12.3. The molecule has 0 atom stereocenters. The molecule has 61 heavy (non-hydrogen) atoms. The topological polar surface area (TPSA) is 33.8 Å². The Kier molecular flexibility index (Phi) is 7.94. The highest BCUT2D eigenvalue weighted by Gasteiger charge is 2.43. The number of furan rings is 1. The van der Waals surface area contributed by atoms with Gasteiger partial charge in [0.05, 0.1) is 11.0 Å². The van der Waals surface area contributed by atoms with Crippen LogP contribution in [0.4, 0.5) is 28.4 Å². The minimum absolute atomic E-state index is 0.0870. The van der Waals surface area contributed by atoms with Gasteiger partial charge >= 0.3 is 0 Å². The molecule has 6 heteroatoms. The lowest BCUT2D eigenvalue weighted by Gasteiger charge is -2.40. The van der Waals surface area contributed by atoms with Crippen molar-refractivity contribution in [3.8, 4) is 17.2 Å². The summed E-state index contributed by atoms with van der Waals surface area (Å²) in [4.78, 5) is 4.56. The molecule has 0 saturated carbocycles. The molecule has 0 saturated heterocycles. The number of fused-ring (bicyclic) bond motifs is 9. The molecule has 0 aliphatic carbocycles. The number of aryl methyl sites for hydroxylation is 1. The molecular formula is C55H38BN3O2. The van der Waals surface area contributed by atoms with Gasteiger partial charge in [0.2, 0.25) is 0 Å². The number of ether oxygens (including phenoxy) is 1. The van der Waals surface area contributed by atoms with Crippen molar-refractivity contribution in [2.75, 3.05) is 9.80 Å². The second kappa shape index (κ2) is 13.8. The zero-order chi connectivity index (χ0) is 40.6. The van der Waals surface area contributed by atoms with Crippen LogP contribution in [0, 0.1) is 6.92 Å². The van der Waals surface area contributed by atoms with Gasteiger partial charge in [0.1, 0.15) is 11.5 Å². The molecule has 0 N–H and O–H groups in total. The molecule has 0 bridgehead atoms. The Hall–Kier alpha value is -7.96. The highest BCUT2D eigenvalue weighted by atomic mass is 16.5. The third kappa shape index (κ3) is 5.42. The van der Waals surface area contributed by atoms with Crippen LogP contribution < -0.4 is 30.9 Å². The molecular weight excluding hydrogens is 745 g/mol. The van der Waals surface area contributed by atoms with Crippen LogP contribution in [0.15, 0.2) is 211 Å². The summed E-state index contributed by atoms with van der Waals surface area (Å²) in [5.74, 6) is 2.41. The largest absolute Gasteiger partial charge is 0.457 e. The fourth-order valence-corrected chi connectivity index (χ4v) is 9.71. The van der Waals surface area contributed by atoms with Crippen LogP contribution in [0.5, 0.6) is 11.5 Å². The molecule has 288 valence electrons. The summed E-state index contributed by atoms with van der Waals surface area (Å²) in [5, 5.41) is 3.48. The van der Waals surface area contributed by atoms with Crippen LogP contribution >= 0.6 is 0 Å². The van der Waals surface area contributed by atoms with E-state index in [1.54, 1.807) is 0 Å². The van der Waals surface area contributed by atoms with Crippen molar-refractivity contribution >= 4 is 90.4 Å². The first-order valence-electron chi connectivity index (χ1n) is 20.7. The molecule has 0 spiro atoms. The molecule has 2 aliphatic rings. The van der Waals surface area contributed by atoms with Gasteiger partial charge < -0.3 is 23.5 Å². The third-order valence-corrected chi connectivity index (χ3v) is 12.3. The quantitative estimate of drug-likeness (QED) is 0.119. The minimum atomic E-state index is -0.0870. The molecule has 12 rings (SSSR count). The van der Waals surface area contributed by atoms with Crippen LogP contribution in [0.25, 0.3) is 44.5 Å². The Morgan fingerprint density at radius 2 is 1.21 bits per heavy atom. The van der Waals surface area contributed by atoms with Crippen molar-refractivity contribution in [1.82, 2.24) is 4.57 Å². The maximum Gasteiger partial charge on any atom is 0.256 e. The molecule has 4 heterocycles. The van der Waals surface area contributed by atoms with Crippen molar-refractivity contribution in [3.05, 3.63) is 218 Å². The van der Waals surface area contributed by atoms with Gasteiger partial charge in [-0.05, 0) is 108 Å². The van der Waals surface area contributed by atoms with E-state index in [4.69, 9.17) is 9.15 Å². The Morgan fingerprint density at radius 1 is 0.590 bits per heavy atom. The first-order valence-corrected chi connectivity index (χ1v) is 20.7. The molecule has 0 amide bonds. The predicted octanol–water partition coefficient (Wildman–Crippen LogP) is 12.6. The average Bonchev–Trinajstić information content (AvgIpc) is 3.83. The summed E-state index contributed by atoms with van der Waals surface area (Å²) in [6, 6.07) is 66.6. The lowest BCUT2D eigenvalue weighted by Crippen LogP contribution is -2.59. The summed E-state index contributed by atoms with van der Waals surface area (Å²) in [5.41, 5.74) is 14.9. The van der Waals surface area contributed by atoms with Gasteiger partial charge in [-0.15, -0.1) is 0 Å². The summed E-state index contributed by atoms with van der Waals surface area (Å²) < 4.78 is 16.1. The number of hydrogen-bond acceptors (Lipinski definition) is 4. The molecule has 0 unspecified atom stereocenters. The highest BCUT2D eigenvalue weighted by Crippen LogP contribution is 2.44. The second-order valence-electron chi connectivity index (χ2n) is 15.8. The van der Waals surface area contributed by atoms with Gasteiger partial charge in [-0.1, -0.05) is 122 Å². The lowest BCUT2D eigenvalue weighted by atomic mass is 9.34. The van der Waals surface area contributed by atoms with Gasteiger partial charge in [0, 0.05) is 61.5 Å². The van der Waals surface area contributed by atoms with E-state index < -0.39 is 0 Å². The number of benzene rings is 8. The maximum atomic E-state index is 6.99. The van der Waals surface area contributed by atoms with Crippen LogP contribution in [0.1, 0.15) is 11.3 Å². The van der Waals surface area contributed by atoms with Gasteiger partial charge in [-0.25, -0.2) is 0 Å². The zero-order valence-electron chi connectivity index (χ0n) is 33.5. The number of allylic oxidation sites excluding steroid dienone is 1. The van der Waals surface area contributed by atoms with Gasteiger partial charge in [0.25, 0.3) is 6.71 Å².